The van der Waals surface area contributed by atoms with E-state index in [0.717, 1.165) is 11.1 Å². The standard InChI is InChI=1S/C32H43N3O7.BrH/c1-10-39-25-14-20-16-35(28(33)21(20)15-22(25)29(37)34-9)17-24(36)19-12-23(31(3,4)5)27(26(13-19)40-11-2)41-18-42-30(38)32(6,7)8;/h12-15,33H,10-11,16-18H2,1-9H3,(H,34,37);1H. The number of hydrogen-bond acceptors (Lipinski definition) is 8. The van der Waals surface area contributed by atoms with Crippen LogP contribution in [0.15, 0.2) is 24.3 Å². The van der Waals surface area contributed by atoms with Crippen LogP contribution in [0.1, 0.15) is 92.8 Å². The zero-order valence-electron chi connectivity index (χ0n) is 26.6. The van der Waals surface area contributed by atoms with Gasteiger partial charge in [-0.05, 0) is 69.9 Å². The van der Waals surface area contributed by atoms with Gasteiger partial charge in [-0.15, -0.1) is 17.0 Å². The Morgan fingerprint density at radius 3 is 2.12 bits per heavy atom. The Morgan fingerprint density at radius 1 is 0.930 bits per heavy atom. The van der Waals surface area contributed by atoms with Crippen LogP contribution in [-0.2, 0) is 21.5 Å². The van der Waals surface area contributed by atoms with E-state index in [-0.39, 0.29) is 47.8 Å². The molecule has 2 aromatic carbocycles. The van der Waals surface area contributed by atoms with E-state index in [1.165, 1.54) is 0 Å². The van der Waals surface area contributed by atoms with Crippen molar-refractivity contribution >= 4 is 40.5 Å². The second-order valence-corrected chi connectivity index (χ2v) is 12.1. The molecule has 3 rings (SSSR count). The van der Waals surface area contributed by atoms with Gasteiger partial charge in [0, 0.05) is 30.3 Å². The predicted molar refractivity (Wildman–Crippen MR) is 170 cm³/mol. The lowest BCUT2D eigenvalue weighted by molar-refractivity contribution is -0.159. The predicted octanol–water partition coefficient (Wildman–Crippen LogP) is 5.67. The van der Waals surface area contributed by atoms with E-state index in [4.69, 9.17) is 24.4 Å². The van der Waals surface area contributed by atoms with Crippen LogP contribution in [0.5, 0.6) is 17.2 Å². The molecule has 1 amide bonds. The fourth-order valence-electron chi connectivity index (χ4n) is 4.51. The SMILES string of the molecule is Br.CCOc1cc2c(cc1C(=O)NC)C(=N)N(CC(=O)c1cc(OCC)c(OCOC(=O)C(C)(C)C)c(C(C)(C)C)c1)C2. The van der Waals surface area contributed by atoms with Gasteiger partial charge in [0.25, 0.3) is 5.91 Å². The van der Waals surface area contributed by atoms with Gasteiger partial charge in [-0.3, -0.25) is 19.8 Å². The lowest BCUT2D eigenvalue weighted by Gasteiger charge is -2.26. The van der Waals surface area contributed by atoms with Crippen molar-refractivity contribution in [3.05, 3.63) is 52.1 Å². The third-order valence-corrected chi connectivity index (χ3v) is 6.73. The van der Waals surface area contributed by atoms with Crippen molar-refractivity contribution in [3.8, 4) is 17.2 Å². The number of nitrogens with zero attached hydrogens (tertiary/aromatic N) is 1. The van der Waals surface area contributed by atoms with E-state index in [9.17, 15) is 14.4 Å². The van der Waals surface area contributed by atoms with Gasteiger partial charge in [0.1, 0.15) is 11.6 Å². The highest BCUT2D eigenvalue weighted by Crippen LogP contribution is 2.40. The minimum atomic E-state index is -0.674. The minimum Gasteiger partial charge on any atom is -0.493 e. The Bertz CT molecular complexity index is 1380. The van der Waals surface area contributed by atoms with Crippen LogP contribution in [0.4, 0.5) is 0 Å². The molecule has 0 fully saturated rings. The Labute approximate surface area is 264 Å². The van der Waals surface area contributed by atoms with Crippen LogP contribution in [-0.4, -0.2) is 62.0 Å². The molecule has 236 valence electrons. The molecular weight excluding hydrogens is 618 g/mol. The molecule has 0 saturated carbocycles. The number of halogens is 1. The molecule has 0 unspecified atom stereocenters. The molecule has 10 nitrogen and oxygen atoms in total. The average Bonchev–Trinajstić information content (AvgIpc) is 3.21. The summed E-state index contributed by atoms with van der Waals surface area (Å²) < 4.78 is 22.8. The molecule has 2 aromatic rings. The van der Waals surface area contributed by atoms with Gasteiger partial charge < -0.3 is 29.2 Å². The van der Waals surface area contributed by atoms with E-state index in [1.54, 1.807) is 57.0 Å². The van der Waals surface area contributed by atoms with E-state index < -0.39 is 16.8 Å². The third kappa shape index (κ3) is 8.28. The Balaban J connectivity index is 0.00000645. The van der Waals surface area contributed by atoms with Crippen LogP contribution < -0.4 is 19.5 Å². The number of ether oxygens (including phenoxy) is 4. The number of hydrogen-bond donors (Lipinski definition) is 2. The number of carbonyl (C=O) groups is 3. The van der Waals surface area contributed by atoms with Crippen LogP contribution >= 0.6 is 17.0 Å². The normalized spacial score (nSPS) is 12.7. The van der Waals surface area contributed by atoms with Gasteiger partial charge >= 0.3 is 5.97 Å². The first-order valence-electron chi connectivity index (χ1n) is 14.1. The second-order valence-electron chi connectivity index (χ2n) is 12.1. The fourth-order valence-corrected chi connectivity index (χ4v) is 4.51. The molecule has 1 aliphatic heterocycles. The molecule has 0 atom stereocenters. The number of ketones is 1. The van der Waals surface area contributed by atoms with Gasteiger partial charge in [0.2, 0.25) is 6.79 Å². The molecule has 2 N–H and O–H groups in total. The molecule has 1 aliphatic rings. The molecule has 0 saturated heterocycles. The average molecular weight is 663 g/mol. The van der Waals surface area contributed by atoms with Crippen molar-refractivity contribution in [2.45, 2.75) is 67.3 Å². The van der Waals surface area contributed by atoms with E-state index in [0.29, 0.717) is 53.7 Å². The Kier molecular flexibility index (Phi) is 11.8. The highest BCUT2D eigenvalue weighted by Gasteiger charge is 2.31. The van der Waals surface area contributed by atoms with Crippen molar-refractivity contribution in [2.24, 2.45) is 5.41 Å². The number of nitrogens with one attached hydrogen (secondary N) is 2. The minimum absolute atomic E-state index is 0. The molecule has 0 spiro atoms. The lowest BCUT2D eigenvalue weighted by atomic mass is 9.84. The van der Waals surface area contributed by atoms with Crippen molar-refractivity contribution < 1.29 is 33.3 Å². The molecule has 0 radical (unpaired) electrons. The van der Waals surface area contributed by atoms with E-state index >= 15 is 0 Å². The van der Waals surface area contributed by atoms with Crippen molar-refractivity contribution in [1.29, 1.82) is 5.41 Å². The van der Waals surface area contributed by atoms with Gasteiger partial charge in [-0.25, -0.2) is 0 Å². The third-order valence-electron chi connectivity index (χ3n) is 6.73. The molecule has 0 aromatic heterocycles. The highest BCUT2D eigenvalue weighted by molar-refractivity contribution is 8.93. The number of carbonyl (C=O) groups excluding carboxylic acids is 3. The molecule has 1 heterocycles. The number of amides is 1. The van der Waals surface area contributed by atoms with E-state index in [1.807, 2.05) is 34.6 Å². The summed E-state index contributed by atoms with van der Waals surface area (Å²) in [4.78, 5) is 40.0. The van der Waals surface area contributed by atoms with Gasteiger partial charge in [0.05, 0.1) is 30.7 Å². The van der Waals surface area contributed by atoms with Crippen LogP contribution in [0.2, 0.25) is 0 Å². The summed E-state index contributed by atoms with van der Waals surface area (Å²) in [5, 5.41) is 11.4. The number of rotatable bonds is 11. The smallest absolute Gasteiger partial charge is 0.314 e. The second kappa shape index (κ2) is 14.2. The zero-order chi connectivity index (χ0) is 31.4. The molecule has 0 bridgehead atoms. The summed E-state index contributed by atoms with van der Waals surface area (Å²) in [5.74, 6) is 0.475. The summed E-state index contributed by atoms with van der Waals surface area (Å²) in [7, 11) is 1.54. The maximum Gasteiger partial charge on any atom is 0.314 e. The summed E-state index contributed by atoms with van der Waals surface area (Å²) >= 11 is 0. The topological polar surface area (TPSA) is 127 Å². The van der Waals surface area contributed by atoms with Gasteiger partial charge in [0.15, 0.2) is 17.3 Å². The summed E-state index contributed by atoms with van der Waals surface area (Å²) in [6.07, 6.45) is 0. The monoisotopic (exact) mass is 661 g/mol. The van der Waals surface area contributed by atoms with E-state index in [2.05, 4.69) is 5.32 Å². The van der Waals surface area contributed by atoms with Gasteiger partial charge in [-0.2, -0.15) is 0 Å². The number of amidine groups is 1. The zero-order valence-corrected chi connectivity index (χ0v) is 28.3. The molecule has 0 aliphatic carbocycles. The van der Waals surface area contributed by atoms with Crippen LogP contribution in [0.25, 0.3) is 0 Å². The number of esters is 1. The van der Waals surface area contributed by atoms with Crippen molar-refractivity contribution in [1.82, 2.24) is 10.2 Å². The number of benzene rings is 2. The van der Waals surface area contributed by atoms with Crippen LogP contribution in [0.3, 0.4) is 0 Å². The molecule has 43 heavy (non-hydrogen) atoms. The summed E-state index contributed by atoms with van der Waals surface area (Å²) in [6, 6.07) is 6.82. The molecular formula is C32H44BrN3O7. The molecule has 11 heteroatoms. The fraction of sp³-hybridized carbons (Fsp3) is 0.500. The highest BCUT2D eigenvalue weighted by atomic mass is 79.9. The number of Topliss-reactive ketones (excluding diaryl/α,β-unsaturated/α-hetero) is 1. The Morgan fingerprint density at radius 2 is 1.56 bits per heavy atom. The lowest BCUT2D eigenvalue weighted by Crippen LogP contribution is -2.30. The Hall–Kier alpha value is -3.60. The summed E-state index contributed by atoms with van der Waals surface area (Å²) in [6.45, 7) is 15.7. The maximum absolute atomic E-state index is 13.7. The quantitative estimate of drug-likeness (QED) is 0.179. The first-order valence-corrected chi connectivity index (χ1v) is 14.1. The number of fused-ring (bicyclic) bond motifs is 1. The summed E-state index contributed by atoms with van der Waals surface area (Å²) in [5.41, 5.74) is 1.76. The largest absolute Gasteiger partial charge is 0.493 e. The first kappa shape index (κ1) is 35.6. The first-order chi connectivity index (χ1) is 19.6. The van der Waals surface area contributed by atoms with Crippen LogP contribution in [0, 0.1) is 10.8 Å². The van der Waals surface area contributed by atoms with Crippen molar-refractivity contribution in [3.63, 3.8) is 0 Å². The van der Waals surface area contributed by atoms with Gasteiger partial charge in [-0.1, -0.05) is 20.8 Å². The van der Waals surface area contributed by atoms with Crippen molar-refractivity contribution in [2.75, 3.05) is 33.6 Å². The maximum atomic E-state index is 13.7.